The minimum atomic E-state index is -0.899. The van der Waals surface area contributed by atoms with Gasteiger partial charge in [0.1, 0.15) is 6.61 Å². The van der Waals surface area contributed by atoms with E-state index >= 15 is 0 Å². The molecule has 2 aromatic rings. The normalized spacial score (nSPS) is 10.7. The Labute approximate surface area is 126 Å². The second-order valence-electron chi connectivity index (χ2n) is 4.48. The zero-order valence-corrected chi connectivity index (χ0v) is 12.3. The van der Waals surface area contributed by atoms with Crippen molar-refractivity contribution in [2.45, 2.75) is 31.1 Å². The van der Waals surface area contributed by atoms with Gasteiger partial charge in [0, 0.05) is 6.54 Å². The number of carboxylic acids is 1. The van der Waals surface area contributed by atoms with E-state index < -0.39 is 5.97 Å². The summed E-state index contributed by atoms with van der Waals surface area (Å²) in [4.78, 5) is 10.6. The fourth-order valence-electron chi connectivity index (χ4n) is 1.98. The van der Waals surface area contributed by atoms with Crippen molar-refractivity contribution < 1.29 is 15.0 Å². The van der Waals surface area contributed by atoms with Crippen LogP contribution < -0.4 is 0 Å². The Morgan fingerprint density at radius 2 is 2.00 bits per heavy atom. The molecule has 0 radical (unpaired) electrons. The summed E-state index contributed by atoms with van der Waals surface area (Å²) in [6, 6.07) is 10.1. The van der Waals surface area contributed by atoms with Crippen LogP contribution in [0.4, 0.5) is 0 Å². The molecule has 112 valence electrons. The first-order chi connectivity index (χ1) is 10.2. The molecule has 1 heterocycles. The summed E-state index contributed by atoms with van der Waals surface area (Å²) in [6.07, 6.45) is 1.78. The molecule has 0 saturated carbocycles. The summed E-state index contributed by atoms with van der Waals surface area (Å²) in [5, 5.41) is 26.4. The number of aromatic nitrogens is 3. The molecule has 1 aromatic heterocycles. The van der Waals surface area contributed by atoms with Crippen LogP contribution in [-0.4, -0.2) is 36.7 Å². The van der Waals surface area contributed by atoms with Crippen molar-refractivity contribution in [2.24, 2.45) is 0 Å². The van der Waals surface area contributed by atoms with Gasteiger partial charge in [0.05, 0.1) is 5.75 Å². The predicted octanol–water partition coefficient (Wildman–Crippen LogP) is 1.58. The maximum Gasteiger partial charge on any atom is 0.313 e. The van der Waals surface area contributed by atoms with E-state index in [9.17, 15) is 9.90 Å². The highest BCUT2D eigenvalue weighted by Gasteiger charge is 2.13. The molecule has 0 amide bonds. The Hall–Kier alpha value is -1.86. The molecule has 0 atom stereocenters. The lowest BCUT2D eigenvalue weighted by Crippen LogP contribution is -2.08. The second-order valence-corrected chi connectivity index (χ2v) is 5.42. The van der Waals surface area contributed by atoms with Gasteiger partial charge in [-0.05, 0) is 18.4 Å². The number of aliphatic hydroxyl groups excluding tert-OH is 1. The summed E-state index contributed by atoms with van der Waals surface area (Å²) in [6.45, 7) is 0.450. The first kappa shape index (κ1) is 15.5. The van der Waals surface area contributed by atoms with E-state index in [0.29, 0.717) is 17.5 Å². The van der Waals surface area contributed by atoms with Crippen molar-refractivity contribution >= 4 is 17.7 Å². The smallest absolute Gasteiger partial charge is 0.313 e. The highest BCUT2D eigenvalue weighted by molar-refractivity contribution is 7.99. The number of aliphatic hydroxyl groups is 1. The Morgan fingerprint density at radius 3 is 2.67 bits per heavy atom. The average molecular weight is 307 g/mol. The van der Waals surface area contributed by atoms with Crippen molar-refractivity contribution in [1.29, 1.82) is 0 Å². The third-order valence-electron chi connectivity index (χ3n) is 2.95. The van der Waals surface area contributed by atoms with Crippen LogP contribution in [0.3, 0.4) is 0 Å². The number of carboxylic acid groups (broad SMARTS) is 1. The van der Waals surface area contributed by atoms with Crippen LogP contribution in [0.25, 0.3) is 0 Å². The number of aryl methyl sites for hydroxylation is 1. The van der Waals surface area contributed by atoms with Crippen LogP contribution >= 0.6 is 11.8 Å². The van der Waals surface area contributed by atoms with Gasteiger partial charge in [0.15, 0.2) is 11.0 Å². The molecule has 0 aliphatic carbocycles. The first-order valence-electron chi connectivity index (χ1n) is 6.62. The average Bonchev–Trinajstić information content (AvgIpc) is 2.88. The van der Waals surface area contributed by atoms with Crippen LogP contribution in [0, 0.1) is 0 Å². The fraction of sp³-hybridized carbons (Fsp3) is 0.357. The topological polar surface area (TPSA) is 88.2 Å². The third-order valence-corrected chi connectivity index (χ3v) is 3.90. The molecule has 1 aromatic carbocycles. The predicted molar refractivity (Wildman–Crippen MR) is 79.1 cm³/mol. The van der Waals surface area contributed by atoms with Crippen molar-refractivity contribution in [2.75, 3.05) is 5.75 Å². The lowest BCUT2D eigenvalue weighted by Gasteiger charge is -2.08. The lowest BCUT2D eigenvalue weighted by atomic mass is 10.1. The van der Waals surface area contributed by atoms with Gasteiger partial charge < -0.3 is 14.8 Å². The van der Waals surface area contributed by atoms with E-state index in [2.05, 4.69) is 22.3 Å². The van der Waals surface area contributed by atoms with E-state index in [1.165, 1.54) is 5.56 Å². The molecule has 0 aliphatic rings. The fourth-order valence-corrected chi connectivity index (χ4v) is 2.68. The standard InChI is InChI=1S/C14H17N3O3S/c18-9-12-15-16-14(21-10-13(19)20)17(12)8-4-7-11-5-2-1-3-6-11/h1-3,5-6,18H,4,7-10H2,(H,19,20). The minimum Gasteiger partial charge on any atom is -0.481 e. The van der Waals surface area contributed by atoms with E-state index in [4.69, 9.17) is 5.11 Å². The molecule has 0 bridgehead atoms. The lowest BCUT2D eigenvalue weighted by molar-refractivity contribution is -0.133. The molecule has 0 unspecified atom stereocenters. The second kappa shape index (κ2) is 7.80. The van der Waals surface area contributed by atoms with Gasteiger partial charge >= 0.3 is 5.97 Å². The van der Waals surface area contributed by atoms with Gasteiger partial charge in [-0.3, -0.25) is 4.79 Å². The van der Waals surface area contributed by atoms with Gasteiger partial charge in [0.25, 0.3) is 0 Å². The Kier molecular flexibility index (Phi) is 5.77. The van der Waals surface area contributed by atoms with E-state index in [-0.39, 0.29) is 12.4 Å². The van der Waals surface area contributed by atoms with Crippen molar-refractivity contribution in [1.82, 2.24) is 14.8 Å². The van der Waals surface area contributed by atoms with E-state index in [1.54, 1.807) is 4.57 Å². The molecular weight excluding hydrogens is 290 g/mol. The summed E-state index contributed by atoms with van der Waals surface area (Å²) in [5.74, 6) is -0.497. The quantitative estimate of drug-likeness (QED) is 0.720. The van der Waals surface area contributed by atoms with Crippen molar-refractivity contribution in [3.8, 4) is 0 Å². The number of aliphatic carboxylic acids is 1. The number of thioether (sulfide) groups is 1. The Bertz CT molecular complexity index is 586. The number of nitrogens with zero attached hydrogens (tertiary/aromatic N) is 3. The number of benzene rings is 1. The molecule has 6 nitrogen and oxygen atoms in total. The van der Waals surface area contributed by atoms with Crippen molar-refractivity contribution in [3.63, 3.8) is 0 Å². The monoisotopic (exact) mass is 307 g/mol. The minimum absolute atomic E-state index is 0.0672. The zero-order chi connectivity index (χ0) is 15.1. The molecule has 0 aliphatic heterocycles. The molecule has 21 heavy (non-hydrogen) atoms. The first-order valence-corrected chi connectivity index (χ1v) is 7.60. The summed E-state index contributed by atoms with van der Waals surface area (Å²) in [5.41, 5.74) is 1.25. The molecular formula is C14H17N3O3S. The number of hydrogen-bond acceptors (Lipinski definition) is 5. The Balaban J connectivity index is 1.97. The SMILES string of the molecule is O=C(O)CSc1nnc(CO)n1CCCc1ccccc1. The van der Waals surface area contributed by atoms with Crippen molar-refractivity contribution in [3.05, 3.63) is 41.7 Å². The van der Waals surface area contributed by atoms with Crippen LogP contribution in [0.15, 0.2) is 35.5 Å². The molecule has 2 N–H and O–H groups in total. The maximum atomic E-state index is 10.6. The van der Waals surface area contributed by atoms with Gasteiger partial charge in [-0.2, -0.15) is 0 Å². The zero-order valence-electron chi connectivity index (χ0n) is 11.5. The van der Waals surface area contributed by atoms with Gasteiger partial charge in [-0.15, -0.1) is 10.2 Å². The van der Waals surface area contributed by atoms with Crippen LogP contribution in [-0.2, 0) is 24.4 Å². The molecule has 7 heteroatoms. The molecule has 2 rings (SSSR count). The molecule has 0 fully saturated rings. The number of carbonyl (C=O) groups is 1. The van der Waals surface area contributed by atoms with Gasteiger partial charge in [0.2, 0.25) is 0 Å². The van der Waals surface area contributed by atoms with Gasteiger partial charge in [-0.1, -0.05) is 42.1 Å². The maximum absolute atomic E-state index is 10.6. The Morgan fingerprint density at radius 1 is 1.24 bits per heavy atom. The molecule has 0 saturated heterocycles. The summed E-state index contributed by atoms with van der Waals surface area (Å²) < 4.78 is 1.79. The van der Waals surface area contributed by atoms with Crippen LogP contribution in [0.5, 0.6) is 0 Å². The van der Waals surface area contributed by atoms with Crippen LogP contribution in [0.1, 0.15) is 17.8 Å². The van der Waals surface area contributed by atoms with E-state index in [0.717, 1.165) is 24.6 Å². The summed E-state index contributed by atoms with van der Waals surface area (Å²) in [7, 11) is 0. The van der Waals surface area contributed by atoms with Crippen LogP contribution in [0.2, 0.25) is 0 Å². The molecule has 0 spiro atoms. The summed E-state index contributed by atoms with van der Waals surface area (Å²) >= 11 is 1.12. The third kappa shape index (κ3) is 4.57. The van der Waals surface area contributed by atoms with Gasteiger partial charge in [-0.25, -0.2) is 0 Å². The number of rotatable bonds is 8. The highest BCUT2D eigenvalue weighted by Crippen LogP contribution is 2.18. The number of hydrogen-bond donors (Lipinski definition) is 2. The largest absolute Gasteiger partial charge is 0.481 e. The highest BCUT2D eigenvalue weighted by atomic mass is 32.2. The van der Waals surface area contributed by atoms with E-state index in [1.807, 2.05) is 18.2 Å².